The molecule has 5 heteroatoms. The minimum atomic E-state index is -0.0779. The smallest absolute Gasteiger partial charge is 0.274 e. The van der Waals surface area contributed by atoms with E-state index < -0.39 is 0 Å². The second-order valence-electron chi connectivity index (χ2n) is 4.53. The molecule has 1 rings (SSSR count). The van der Waals surface area contributed by atoms with Gasteiger partial charge in [-0.3, -0.25) is 4.79 Å². The molecule has 1 atom stereocenters. The summed E-state index contributed by atoms with van der Waals surface area (Å²) in [6.45, 7) is 7.76. The summed E-state index contributed by atoms with van der Waals surface area (Å²) in [6, 6.07) is 3.49. The van der Waals surface area contributed by atoms with Gasteiger partial charge in [-0.1, -0.05) is 20.3 Å². The van der Waals surface area contributed by atoms with Crippen LogP contribution in [0.3, 0.4) is 0 Å². The second-order valence-corrected chi connectivity index (χ2v) is 4.53. The Bertz CT molecular complexity index is 377. The van der Waals surface area contributed by atoms with Crippen LogP contribution < -0.4 is 5.32 Å². The molecule has 1 N–H and O–H groups in total. The van der Waals surface area contributed by atoms with E-state index in [9.17, 15) is 4.79 Å². The van der Waals surface area contributed by atoms with Crippen LogP contribution in [0.2, 0.25) is 0 Å². The molecule has 0 spiro atoms. The van der Waals surface area contributed by atoms with Crippen LogP contribution >= 0.6 is 0 Å². The Morgan fingerprint density at radius 1 is 1.39 bits per heavy atom. The molecule has 18 heavy (non-hydrogen) atoms. The first kappa shape index (κ1) is 14.4. The molecule has 1 amide bonds. The zero-order chi connectivity index (χ0) is 13.5. The maximum absolute atomic E-state index is 12.1. The Morgan fingerprint density at radius 2 is 2.11 bits per heavy atom. The first-order valence-corrected chi connectivity index (χ1v) is 6.41. The summed E-state index contributed by atoms with van der Waals surface area (Å²) in [5, 5.41) is 11.0. The van der Waals surface area contributed by atoms with Gasteiger partial charge in [0.05, 0.1) is 0 Å². The predicted octanol–water partition coefficient (Wildman–Crippen LogP) is 2.03. The van der Waals surface area contributed by atoms with Gasteiger partial charge in [-0.15, -0.1) is 10.2 Å². The number of nitrogens with zero attached hydrogens (tertiary/aromatic N) is 3. The van der Waals surface area contributed by atoms with Gasteiger partial charge in [0.2, 0.25) is 0 Å². The number of anilines is 1. The summed E-state index contributed by atoms with van der Waals surface area (Å²) in [4.78, 5) is 13.8. The summed E-state index contributed by atoms with van der Waals surface area (Å²) in [6.07, 6.45) is 1.06. The van der Waals surface area contributed by atoms with Crippen molar-refractivity contribution in [2.45, 2.75) is 27.2 Å². The minimum absolute atomic E-state index is 0.0779. The van der Waals surface area contributed by atoms with E-state index >= 15 is 0 Å². The lowest BCUT2D eigenvalue weighted by atomic mass is 10.1. The minimum Gasteiger partial charge on any atom is -0.369 e. The lowest BCUT2D eigenvalue weighted by molar-refractivity contribution is 0.0768. The van der Waals surface area contributed by atoms with Gasteiger partial charge in [-0.2, -0.15) is 0 Å². The van der Waals surface area contributed by atoms with Crippen molar-refractivity contribution in [1.82, 2.24) is 15.1 Å². The van der Waals surface area contributed by atoms with Crippen molar-refractivity contribution in [3.63, 3.8) is 0 Å². The Kier molecular flexibility index (Phi) is 5.55. The summed E-state index contributed by atoms with van der Waals surface area (Å²) in [5.74, 6) is 1.11. The third kappa shape index (κ3) is 3.98. The number of carbonyl (C=O) groups is 1. The van der Waals surface area contributed by atoms with E-state index in [0.29, 0.717) is 17.4 Å². The van der Waals surface area contributed by atoms with Crippen molar-refractivity contribution in [2.24, 2.45) is 5.92 Å². The zero-order valence-electron chi connectivity index (χ0n) is 11.6. The molecule has 1 heterocycles. The highest BCUT2D eigenvalue weighted by Crippen LogP contribution is 2.07. The molecule has 1 aromatic heterocycles. The second kappa shape index (κ2) is 6.93. The molecule has 0 radical (unpaired) electrons. The van der Waals surface area contributed by atoms with Gasteiger partial charge in [-0.05, 0) is 25.0 Å². The van der Waals surface area contributed by atoms with E-state index in [-0.39, 0.29) is 5.91 Å². The van der Waals surface area contributed by atoms with Crippen molar-refractivity contribution in [3.05, 3.63) is 17.8 Å². The number of nitrogens with one attached hydrogen (secondary N) is 1. The molecular formula is C13H22N4O. The molecule has 100 valence electrons. The highest BCUT2D eigenvalue weighted by Gasteiger charge is 2.15. The number of carbonyl (C=O) groups excluding carboxylic acids is 1. The van der Waals surface area contributed by atoms with Crippen LogP contribution in [0.4, 0.5) is 5.82 Å². The molecule has 0 saturated carbocycles. The van der Waals surface area contributed by atoms with E-state index in [1.807, 2.05) is 6.92 Å². The summed E-state index contributed by atoms with van der Waals surface area (Å²) < 4.78 is 0. The fourth-order valence-corrected chi connectivity index (χ4v) is 1.60. The van der Waals surface area contributed by atoms with Crippen molar-refractivity contribution >= 4 is 11.7 Å². The van der Waals surface area contributed by atoms with E-state index in [2.05, 4.69) is 29.4 Å². The van der Waals surface area contributed by atoms with Crippen LogP contribution in [0.1, 0.15) is 37.7 Å². The monoisotopic (exact) mass is 250 g/mol. The van der Waals surface area contributed by atoms with Gasteiger partial charge in [0.15, 0.2) is 5.69 Å². The number of hydrogen-bond donors (Lipinski definition) is 1. The normalized spacial score (nSPS) is 12.0. The van der Waals surface area contributed by atoms with Crippen molar-refractivity contribution < 1.29 is 4.79 Å². The van der Waals surface area contributed by atoms with Gasteiger partial charge >= 0.3 is 0 Å². The van der Waals surface area contributed by atoms with Gasteiger partial charge in [-0.25, -0.2) is 0 Å². The van der Waals surface area contributed by atoms with Crippen molar-refractivity contribution in [2.75, 3.05) is 25.5 Å². The summed E-state index contributed by atoms with van der Waals surface area (Å²) in [7, 11) is 1.80. The molecule has 1 unspecified atom stereocenters. The number of rotatable bonds is 6. The molecule has 1 aromatic rings. The number of amides is 1. The molecule has 0 aromatic carbocycles. The average Bonchev–Trinajstić information content (AvgIpc) is 2.39. The van der Waals surface area contributed by atoms with Crippen molar-refractivity contribution in [1.29, 1.82) is 0 Å². The highest BCUT2D eigenvalue weighted by molar-refractivity contribution is 5.92. The molecule has 0 aliphatic rings. The van der Waals surface area contributed by atoms with Gasteiger partial charge < -0.3 is 10.2 Å². The van der Waals surface area contributed by atoms with Crippen molar-refractivity contribution in [3.8, 4) is 0 Å². The number of hydrogen-bond acceptors (Lipinski definition) is 4. The maximum atomic E-state index is 12.1. The van der Waals surface area contributed by atoms with Crippen LogP contribution in [-0.2, 0) is 0 Å². The van der Waals surface area contributed by atoms with Crippen LogP contribution in [0.15, 0.2) is 12.1 Å². The van der Waals surface area contributed by atoms with E-state index in [1.165, 1.54) is 0 Å². The Hall–Kier alpha value is -1.65. The first-order valence-electron chi connectivity index (χ1n) is 6.41. The molecule has 0 fully saturated rings. The molecule has 0 bridgehead atoms. The first-order chi connectivity index (χ1) is 8.58. The molecule has 0 aliphatic heterocycles. The molecule has 5 nitrogen and oxygen atoms in total. The standard InChI is InChI=1S/C13H22N4O/c1-5-10(3)9-17(4)13(18)11-7-8-12(14-6-2)16-15-11/h7-8,10H,5-6,9H2,1-4H3,(H,14,16). The van der Waals surface area contributed by atoms with Crippen LogP contribution in [0.5, 0.6) is 0 Å². The average molecular weight is 250 g/mol. The van der Waals surface area contributed by atoms with Gasteiger partial charge in [0.25, 0.3) is 5.91 Å². The Morgan fingerprint density at radius 3 is 2.61 bits per heavy atom. The maximum Gasteiger partial charge on any atom is 0.274 e. The number of aromatic nitrogens is 2. The Labute approximate surface area is 109 Å². The Balaban J connectivity index is 2.65. The van der Waals surface area contributed by atoms with Gasteiger partial charge in [0.1, 0.15) is 5.82 Å². The quantitative estimate of drug-likeness (QED) is 0.839. The molecule has 0 saturated heterocycles. The predicted molar refractivity (Wildman–Crippen MR) is 72.6 cm³/mol. The summed E-state index contributed by atoms with van der Waals surface area (Å²) >= 11 is 0. The van der Waals surface area contributed by atoms with Crippen LogP contribution in [-0.4, -0.2) is 41.1 Å². The molecular weight excluding hydrogens is 228 g/mol. The van der Waals surface area contributed by atoms with Gasteiger partial charge in [0, 0.05) is 20.1 Å². The van der Waals surface area contributed by atoms with Crippen LogP contribution in [0, 0.1) is 5.92 Å². The molecule has 0 aliphatic carbocycles. The fraction of sp³-hybridized carbons (Fsp3) is 0.615. The topological polar surface area (TPSA) is 58.1 Å². The van der Waals surface area contributed by atoms with E-state index in [1.54, 1.807) is 24.1 Å². The third-order valence-corrected chi connectivity index (χ3v) is 2.87. The highest BCUT2D eigenvalue weighted by atomic mass is 16.2. The lowest BCUT2D eigenvalue weighted by Gasteiger charge is -2.20. The largest absolute Gasteiger partial charge is 0.369 e. The van der Waals surface area contributed by atoms with E-state index in [4.69, 9.17) is 0 Å². The lowest BCUT2D eigenvalue weighted by Crippen LogP contribution is -2.31. The fourth-order valence-electron chi connectivity index (χ4n) is 1.60. The SMILES string of the molecule is CCNc1ccc(C(=O)N(C)CC(C)CC)nn1. The third-order valence-electron chi connectivity index (χ3n) is 2.87. The zero-order valence-corrected chi connectivity index (χ0v) is 11.6. The van der Waals surface area contributed by atoms with E-state index in [0.717, 1.165) is 19.5 Å². The van der Waals surface area contributed by atoms with Crippen LogP contribution in [0.25, 0.3) is 0 Å². The summed E-state index contributed by atoms with van der Waals surface area (Å²) in [5.41, 5.74) is 0.391.